The monoisotopic (exact) mass is 217 g/mol. The second kappa shape index (κ2) is 4.38. The van der Waals surface area contributed by atoms with Crippen LogP contribution < -0.4 is 4.89 Å². The van der Waals surface area contributed by atoms with Crippen LogP contribution in [0.2, 0.25) is 0 Å². The molecule has 0 radical (unpaired) electrons. The van der Waals surface area contributed by atoms with Gasteiger partial charge in [0.15, 0.2) is 0 Å². The van der Waals surface area contributed by atoms with Gasteiger partial charge in [-0.15, -0.1) is 0 Å². The van der Waals surface area contributed by atoms with Crippen molar-refractivity contribution in [2.24, 2.45) is 0 Å². The van der Waals surface area contributed by atoms with Crippen LogP contribution in [0.4, 0.5) is 13.2 Å². The van der Waals surface area contributed by atoms with E-state index < -0.39 is 22.5 Å². The predicted molar refractivity (Wildman–Crippen MR) is 38.2 cm³/mol. The third-order valence-corrected chi connectivity index (χ3v) is 1.42. The first kappa shape index (κ1) is 12.1. The summed E-state index contributed by atoms with van der Waals surface area (Å²) in [6, 6.07) is 0. The Morgan fingerprint density at radius 3 is 2.31 bits per heavy atom. The number of hydrogen-bond donors (Lipinski definition) is 1. The van der Waals surface area contributed by atoms with E-state index in [1.165, 1.54) is 6.92 Å². The summed E-state index contributed by atoms with van der Waals surface area (Å²) >= 11 is 0. The zero-order valence-electron chi connectivity index (χ0n) is 6.47. The second-order valence-corrected chi connectivity index (χ2v) is 3.13. The van der Waals surface area contributed by atoms with E-state index in [0.717, 1.165) is 4.89 Å². The van der Waals surface area contributed by atoms with Crippen molar-refractivity contribution in [3.05, 3.63) is 12.2 Å². The summed E-state index contributed by atoms with van der Waals surface area (Å²) in [6.45, 7) is 4.34. The zero-order chi connectivity index (χ0) is 10.6. The van der Waals surface area contributed by atoms with Crippen LogP contribution >= 0.6 is 0 Å². The normalized spacial score (nSPS) is 13.5. The van der Waals surface area contributed by atoms with Gasteiger partial charge in [-0.05, 0) is 6.92 Å². The third kappa shape index (κ3) is 4.63. The summed E-state index contributed by atoms with van der Waals surface area (Å²) in [5.74, 6) is -1.10. The molecule has 1 unspecified atom stereocenters. The molecule has 0 aliphatic rings. The number of rotatable bonds is 3. The van der Waals surface area contributed by atoms with Gasteiger partial charge < -0.3 is 4.84 Å². The maximum atomic E-state index is 11.5. The molecule has 0 aromatic rings. The lowest BCUT2D eigenvalue weighted by Gasteiger charge is -2.06. The molecule has 0 aromatic carbocycles. The van der Waals surface area contributed by atoms with Crippen LogP contribution in [0.3, 0.4) is 0 Å². The van der Waals surface area contributed by atoms with E-state index in [1.54, 1.807) is 0 Å². The molecule has 0 rings (SSSR count). The van der Waals surface area contributed by atoms with E-state index in [0.29, 0.717) is 0 Å². The predicted octanol–water partition coefficient (Wildman–Crippen LogP) is 0.794. The molecular weight excluding hydrogens is 211 g/mol. The van der Waals surface area contributed by atoms with Crippen molar-refractivity contribution in [2.45, 2.75) is 12.4 Å². The second-order valence-electron chi connectivity index (χ2n) is 1.97. The highest BCUT2D eigenvalue weighted by molar-refractivity contribution is 7.83. The molecule has 0 saturated heterocycles. The molecule has 1 N–H and O–H groups in total. The minimum absolute atomic E-state index is 0.105. The molecule has 0 heterocycles. The Hall–Kier alpha value is -0.890. The van der Waals surface area contributed by atoms with Crippen molar-refractivity contribution in [2.75, 3.05) is 0 Å². The molecule has 0 saturated carbocycles. The number of hydrogen-bond acceptors (Lipinski definition) is 3. The zero-order valence-corrected chi connectivity index (χ0v) is 7.29. The lowest BCUT2D eigenvalue weighted by molar-refractivity contribution is -0.142. The summed E-state index contributed by atoms with van der Waals surface area (Å²) in [4.78, 5) is 15.3. The lowest BCUT2D eigenvalue weighted by atomic mass is 10.4. The van der Waals surface area contributed by atoms with Gasteiger partial charge in [-0.3, -0.25) is 0 Å². The Balaban J connectivity index is 3.99. The standard InChI is InChI=1S/C5H6F3NO3S/c1-3(2)4(10)12-9-13(11)5(6,7)8/h9H,1H2,2H3. The van der Waals surface area contributed by atoms with Crippen LogP contribution in [-0.4, -0.2) is 15.7 Å². The van der Waals surface area contributed by atoms with Crippen molar-refractivity contribution < 1.29 is 27.0 Å². The van der Waals surface area contributed by atoms with E-state index in [1.807, 2.05) is 0 Å². The Kier molecular flexibility index (Phi) is 4.08. The van der Waals surface area contributed by atoms with Gasteiger partial charge in [0.25, 0.3) is 0 Å². The Morgan fingerprint density at radius 1 is 1.54 bits per heavy atom. The summed E-state index contributed by atoms with van der Waals surface area (Å²) in [6.07, 6.45) is 0. The topological polar surface area (TPSA) is 55.4 Å². The van der Waals surface area contributed by atoms with Crippen LogP contribution in [0.15, 0.2) is 12.2 Å². The Labute approximate surface area is 74.3 Å². The number of nitrogens with one attached hydrogen (secondary N) is 1. The summed E-state index contributed by atoms with van der Waals surface area (Å²) in [7, 11) is -3.41. The highest BCUT2D eigenvalue weighted by Gasteiger charge is 2.38. The molecule has 1 atom stereocenters. The van der Waals surface area contributed by atoms with Crippen LogP contribution in [0.5, 0.6) is 0 Å². The molecule has 4 nitrogen and oxygen atoms in total. The van der Waals surface area contributed by atoms with Gasteiger partial charge in [0.05, 0.1) is 0 Å². The molecule has 0 spiro atoms. The van der Waals surface area contributed by atoms with Gasteiger partial charge in [0.1, 0.15) is 0 Å². The van der Waals surface area contributed by atoms with Crippen molar-refractivity contribution in [1.82, 2.24) is 4.89 Å². The highest BCUT2D eigenvalue weighted by Crippen LogP contribution is 2.17. The molecule has 76 valence electrons. The average molecular weight is 217 g/mol. The molecule has 0 aliphatic carbocycles. The molecule has 0 aliphatic heterocycles. The van der Waals surface area contributed by atoms with Crippen molar-refractivity contribution >= 4 is 17.0 Å². The van der Waals surface area contributed by atoms with Gasteiger partial charge in [0, 0.05) is 5.57 Å². The van der Waals surface area contributed by atoms with Crippen LogP contribution in [0, 0.1) is 0 Å². The fourth-order valence-electron chi connectivity index (χ4n) is 0.210. The fraction of sp³-hybridized carbons (Fsp3) is 0.400. The van der Waals surface area contributed by atoms with Crippen molar-refractivity contribution in [3.63, 3.8) is 0 Å². The Bertz CT molecular complexity index is 250. The van der Waals surface area contributed by atoms with E-state index >= 15 is 0 Å². The summed E-state index contributed by atoms with van der Waals surface area (Å²) in [5, 5.41) is 0. The van der Waals surface area contributed by atoms with Gasteiger partial charge in [-0.1, -0.05) is 11.5 Å². The first-order chi connectivity index (χ1) is 5.75. The number of carbonyl (C=O) groups is 1. The van der Waals surface area contributed by atoms with E-state index in [9.17, 15) is 22.2 Å². The molecule has 0 aromatic heterocycles. The molecule has 0 bridgehead atoms. The first-order valence-corrected chi connectivity index (χ1v) is 4.01. The maximum absolute atomic E-state index is 11.5. The minimum atomic E-state index is -4.96. The first-order valence-electron chi connectivity index (χ1n) is 2.86. The quantitative estimate of drug-likeness (QED) is 0.561. The number of alkyl halides is 3. The molecule has 8 heteroatoms. The minimum Gasteiger partial charge on any atom is -0.353 e. The largest absolute Gasteiger partial charge is 0.488 e. The van der Waals surface area contributed by atoms with Crippen LogP contribution in [0.25, 0.3) is 0 Å². The van der Waals surface area contributed by atoms with Gasteiger partial charge in [-0.2, -0.15) is 13.2 Å². The molecular formula is C5H6F3NO3S. The van der Waals surface area contributed by atoms with E-state index in [-0.39, 0.29) is 5.57 Å². The molecule has 13 heavy (non-hydrogen) atoms. The Morgan fingerprint density at radius 2 is 2.00 bits per heavy atom. The van der Waals surface area contributed by atoms with Gasteiger partial charge >= 0.3 is 11.5 Å². The number of carbonyl (C=O) groups excluding carboxylic acids is 1. The molecule has 0 fully saturated rings. The third-order valence-electron chi connectivity index (χ3n) is 0.769. The fourth-order valence-corrected chi connectivity index (χ4v) is 0.456. The van der Waals surface area contributed by atoms with Crippen LogP contribution in [0.1, 0.15) is 6.92 Å². The van der Waals surface area contributed by atoms with Gasteiger partial charge in [0.2, 0.25) is 11.0 Å². The van der Waals surface area contributed by atoms with E-state index in [4.69, 9.17) is 0 Å². The molecule has 0 amide bonds. The van der Waals surface area contributed by atoms with Crippen molar-refractivity contribution in [3.8, 4) is 0 Å². The van der Waals surface area contributed by atoms with Gasteiger partial charge in [-0.25, -0.2) is 9.00 Å². The highest BCUT2D eigenvalue weighted by atomic mass is 32.2. The van der Waals surface area contributed by atoms with E-state index in [2.05, 4.69) is 11.4 Å². The summed E-state index contributed by atoms with van der Waals surface area (Å²) < 4.78 is 44.7. The summed E-state index contributed by atoms with van der Waals surface area (Å²) in [5.41, 5.74) is -5.07. The smallest absolute Gasteiger partial charge is 0.353 e. The van der Waals surface area contributed by atoms with Crippen molar-refractivity contribution in [1.29, 1.82) is 0 Å². The lowest BCUT2D eigenvalue weighted by Crippen LogP contribution is -2.32. The average Bonchev–Trinajstić information content (AvgIpc) is 1.97. The maximum Gasteiger partial charge on any atom is 0.488 e. The number of halogens is 3. The SMILES string of the molecule is C=C(C)C(=O)ONS(=O)C(F)(F)F. The van der Waals surface area contributed by atoms with Crippen LogP contribution in [-0.2, 0) is 20.6 Å².